The van der Waals surface area contributed by atoms with Gasteiger partial charge in [-0.25, -0.2) is 4.99 Å². The van der Waals surface area contributed by atoms with Gasteiger partial charge in [-0.15, -0.1) is 10.3 Å². The molecule has 1 saturated heterocycles. The number of amides is 2. The molecule has 44 heavy (non-hydrogen) atoms. The molecule has 1 aromatic carbocycles. The highest BCUT2D eigenvalue weighted by Gasteiger charge is 2.58. The summed E-state index contributed by atoms with van der Waals surface area (Å²) in [6.45, 7) is 7.31. The fourth-order valence-electron chi connectivity index (χ4n) is 5.83. The van der Waals surface area contributed by atoms with Crippen LogP contribution in [0.2, 0.25) is 0 Å². The molecule has 2 amide bonds. The number of carbonyl (C=O) groups is 4. The van der Waals surface area contributed by atoms with Gasteiger partial charge in [-0.05, 0) is 49.7 Å². The Balaban J connectivity index is 1.70. The number of likely N-dealkylation sites (tertiary alicyclic amines) is 1. The van der Waals surface area contributed by atoms with Crippen LogP contribution >= 0.6 is 11.8 Å². The minimum absolute atomic E-state index is 0.106. The summed E-state index contributed by atoms with van der Waals surface area (Å²) >= 11 is 1.37. The number of nitrogens with two attached hydrogens (primary N) is 1. The molecule has 6 N–H and O–H groups in total. The van der Waals surface area contributed by atoms with Crippen molar-refractivity contribution in [3.05, 3.63) is 35.4 Å². The number of carboxylic acids is 2. The Morgan fingerprint density at radius 3 is 2.23 bits per heavy atom. The van der Waals surface area contributed by atoms with Crippen molar-refractivity contribution in [1.82, 2.24) is 20.6 Å². The van der Waals surface area contributed by atoms with Gasteiger partial charge >= 0.3 is 11.9 Å². The van der Waals surface area contributed by atoms with Crippen molar-refractivity contribution < 1.29 is 34.6 Å². The second kappa shape index (κ2) is 15.7. The molecule has 3 unspecified atom stereocenters. The average molecular weight is 634 g/mol. The summed E-state index contributed by atoms with van der Waals surface area (Å²) in [7, 11) is 0. The molecule has 3 atom stereocenters. The summed E-state index contributed by atoms with van der Waals surface area (Å²) in [6, 6.07) is 5.49. The smallest absolute Gasteiger partial charge is 0.322 e. The maximum atomic E-state index is 14.1. The van der Waals surface area contributed by atoms with Crippen LogP contribution in [0.3, 0.4) is 0 Å². The zero-order valence-corrected chi connectivity index (χ0v) is 26.5. The molecule has 243 valence electrons. The van der Waals surface area contributed by atoms with Gasteiger partial charge in [-0.1, -0.05) is 45.0 Å². The topological polar surface area (TPSA) is 198 Å². The minimum Gasteiger partial charge on any atom is -0.480 e. The van der Waals surface area contributed by atoms with E-state index in [-0.39, 0.29) is 18.6 Å². The van der Waals surface area contributed by atoms with E-state index in [2.05, 4.69) is 29.4 Å². The Labute approximate surface area is 262 Å². The number of aliphatic carboxylic acids is 2. The minimum atomic E-state index is -1.23. The van der Waals surface area contributed by atoms with Gasteiger partial charge in [0.2, 0.25) is 11.8 Å². The van der Waals surface area contributed by atoms with E-state index >= 15 is 0 Å². The van der Waals surface area contributed by atoms with E-state index in [1.807, 2.05) is 31.2 Å². The van der Waals surface area contributed by atoms with Crippen LogP contribution in [0.5, 0.6) is 0 Å². The number of hydrogen-bond donors (Lipinski definition) is 5. The summed E-state index contributed by atoms with van der Waals surface area (Å²) in [6.07, 6.45) is 3.75. The van der Waals surface area contributed by atoms with Gasteiger partial charge in [0.25, 0.3) is 0 Å². The highest BCUT2D eigenvalue weighted by atomic mass is 32.2. The maximum Gasteiger partial charge on any atom is 0.322 e. The third kappa shape index (κ3) is 7.89. The molecule has 0 saturated carbocycles. The number of hydrogen-bond acceptors (Lipinski definition) is 9. The van der Waals surface area contributed by atoms with Gasteiger partial charge in [0.1, 0.15) is 30.0 Å². The van der Waals surface area contributed by atoms with E-state index < -0.39 is 53.6 Å². The molecule has 2 heterocycles. The lowest BCUT2D eigenvalue weighted by molar-refractivity contribution is -0.265. The van der Waals surface area contributed by atoms with Crippen LogP contribution in [0.4, 0.5) is 0 Å². The quantitative estimate of drug-likeness (QED) is 0.180. The fourth-order valence-corrected chi connectivity index (χ4v) is 6.85. The molecular formula is C30H45N6O7S. The lowest BCUT2D eigenvalue weighted by atomic mass is 9.88. The number of amidine groups is 1. The van der Waals surface area contributed by atoms with Gasteiger partial charge in [-0.3, -0.25) is 19.2 Å². The van der Waals surface area contributed by atoms with Gasteiger partial charge in [0.15, 0.2) is 5.66 Å². The number of aliphatic imine (C=N–C) groups is 1. The monoisotopic (exact) mass is 633 g/mol. The third-order valence-electron chi connectivity index (χ3n) is 8.53. The first-order chi connectivity index (χ1) is 20.9. The zero-order valence-electron chi connectivity index (χ0n) is 25.7. The molecule has 1 fully saturated rings. The fraction of sp³-hybridized carbons (Fsp3) is 0.633. The van der Waals surface area contributed by atoms with E-state index in [0.717, 1.165) is 42.9 Å². The molecule has 0 bridgehead atoms. The van der Waals surface area contributed by atoms with Gasteiger partial charge < -0.3 is 31.5 Å². The van der Waals surface area contributed by atoms with Crippen LogP contribution in [0.15, 0.2) is 29.3 Å². The van der Waals surface area contributed by atoms with Gasteiger partial charge in [-0.2, -0.15) is 11.8 Å². The SMILES string of the molecule is CCC1(CC)C(N2CCCC2)=NC(CC)(c2ccc(CSCC(NC(=O)CCC(N)C(=O)O)C(=O)NCC(=O)O)cc2)N1[O]. The van der Waals surface area contributed by atoms with E-state index in [1.54, 1.807) is 0 Å². The Hall–Kier alpha value is -3.20. The molecule has 0 spiro atoms. The van der Waals surface area contributed by atoms with Crippen molar-refractivity contribution >= 4 is 41.4 Å². The first kappa shape index (κ1) is 35.3. The standard InChI is InChI=1S/C30H45N6O7S/c1-4-29(5-2)28(35-15-7-8-16-35)34-30(6-3,36(29)43)21-11-9-20(10-12-21)18-44-19-23(26(40)32-17-25(38)39)33-24(37)14-13-22(31)27(41)42/h9-12,22-23H,4-8,13-19,31H2,1-3H3,(H,32,40)(H,33,37)(H,38,39)(H,41,42). The van der Waals surface area contributed by atoms with Crippen molar-refractivity contribution in [1.29, 1.82) is 0 Å². The maximum absolute atomic E-state index is 14.1. The number of rotatable bonds is 16. The summed E-state index contributed by atoms with van der Waals surface area (Å²) in [5, 5.41) is 38.0. The summed E-state index contributed by atoms with van der Waals surface area (Å²) in [4.78, 5) is 54.3. The van der Waals surface area contributed by atoms with Crippen LogP contribution in [-0.2, 0) is 35.8 Å². The highest BCUT2D eigenvalue weighted by molar-refractivity contribution is 7.98. The largest absolute Gasteiger partial charge is 0.480 e. The van der Waals surface area contributed by atoms with E-state index in [0.29, 0.717) is 25.0 Å². The number of nitrogens with one attached hydrogen (secondary N) is 2. The molecule has 0 aromatic heterocycles. The van der Waals surface area contributed by atoms with Crippen LogP contribution in [0.1, 0.15) is 76.8 Å². The van der Waals surface area contributed by atoms with Crippen LogP contribution in [0, 0.1) is 0 Å². The summed E-state index contributed by atoms with van der Waals surface area (Å²) < 4.78 is 0. The molecule has 1 aromatic rings. The van der Waals surface area contributed by atoms with Crippen molar-refractivity contribution in [2.75, 3.05) is 25.4 Å². The van der Waals surface area contributed by atoms with E-state index in [4.69, 9.17) is 20.9 Å². The first-order valence-corrected chi connectivity index (χ1v) is 16.4. The highest BCUT2D eigenvalue weighted by Crippen LogP contribution is 2.47. The number of hydroxylamine groups is 2. The van der Waals surface area contributed by atoms with E-state index in [1.165, 1.54) is 16.8 Å². The average Bonchev–Trinajstić information content (AvgIpc) is 3.63. The molecule has 2 aliphatic rings. The van der Waals surface area contributed by atoms with Gasteiger partial charge in [0, 0.05) is 31.0 Å². The van der Waals surface area contributed by atoms with Gasteiger partial charge in [0.05, 0.1) is 0 Å². The predicted molar refractivity (Wildman–Crippen MR) is 166 cm³/mol. The molecule has 3 rings (SSSR count). The van der Waals surface area contributed by atoms with Crippen molar-refractivity contribution in [2.45, 2.75) is 94.8 Å². The third-order valence-corrected chi connectivity index (χ3v) is 9.64. The van der Waals surface area contributed by atoms with Crippen LogP contribution in [0.25, 0.3) is 0 Å². The molecule has 1 radical (unpaired) electrons. The van der Waals surface area contributed by atoms with Crippen LogP contribution < -0.4 is 16.4 Å². The second-order valence-electron chi connectivity index (χ2n) is 11.3. The van der Waals surface area contributed by atoms with Crippen molar-refractivity contribution in [3.8, 4) is 0 Å². The Kier molecular flexibility index (Phi) is 12.6. The van der Waals surface area contributed by atoms with E-state index in [9.17, 15) is 24.4 Å². The number of carboxylic acid groups (broad SMARTS) is 2. The Morgan fingerprint density at radius 1 is 1.05 bits per heavy atom. The zero-order chi connectivity index (χ0) is 32.5. The van der Waals surface area contributed by atoms with Crippen molar-refractivity contribution in [3.63, 3.8) is 0 Å². The number of carbonyl (C=O) groups excluding carboxylic acids is 2. The first-order valence-electron chi connectivity index (χ1n) is 15.2. The Bertz CT molecular complexity index is 1200. The van der Waals surface area contributed by atoms with Crippen molar-refractivity contribution in [2.24, 2.45) is 10.7 Å². The lowest BCUT2D eigenvalue weighted by Crippen LogP contribution is -2.56. The number of thioether (sulfide) groups is 1. The molecule has 0 aliphatic carbocycles. The summed E-state index contributed by atoms with van der Waals surface area (Å²) in [5.41, 5.74) is 5.53. The molecule has 14 heteroatoms. The molecular weight excluding hydrogens is 588 g/mol. The molecule has 2 aliphatic heterocycles. The normalized spacial score (nSPS) is 21.0. The lowest BCUT2D eigenvalue weighted by Gasteiger charge is -2.40. The number of nitrogens with zero attached hydrogens (tertiary/aromatic N) is 3. The van der Waals surface area contributed by atoms with Crippen LogP contribution in [-0.4, -0.2) is 92.8 Å². The summed E-state index contributed by atoms with van der Waals surface area (Å²) in [5.74, 6) is -2.14. The molecule has 13 nitrogen and oxygen atoms in total. The second-order valence-corrected chi connectivity index (χ2v) is 12.3. The Morgan fingerprint density at radius 2 is 1.68 bits per heavy atom. The predicted octanol–water partition coefficient (Wildman–Crippen LogP) is 2.07. The number of benzene rings is 1.